The zero-order chi connectivity index (χ0) is 21.0. The quantitative estimate of drug-likeness (QED) is 0.433. The van der Waals surface area contributed by atoms with Crippen molar-refractivity contribution in [2.75, 3.05) is 5.32 Å². The Hall–Kier alpha value is -3.23. The van der Waals surface area contributed by atoms with Gasteiger partial charge in [-0.2, -0.15) is 5.26 Å². The molecule has 1 aromatic heterocycles. The summed E-state index contributed by atoms with van der Waals surface area (Å²) in [7, 11) is 0. The van der Waals surface area contributed by atoms with Gasteiger partial charge >= 0.3 is 0 Å². The lowest BCUT2D eigenvalue weighted by Crippen LogP contribution is -2.13. The lowest BCUT2D eigenvalue weighted by molar-refractivity contribution is -0.112. The molecule has 1 N–H and O–H groups in total. The zero-order valence-electron chi connectivity index (χ0n) is 17.0. The minimum atomic E-state index is -0.461. The average Bonchev–Trinajstić information content (AvgIpc) is 3.15. The Morgan fingerprint density at radius 2 is 1.76 bits per heavy atom. The molecule has 1 amide bonds. The van der Waals surface area contributed by atoms with Crippen molar-refractivity contribution >= 4 is 28.5 Å². The van der Waals surface area contributed by atoms with E-state index in [4.69, 9.17) is 0 Å². The van der Waals surface area contributed by atoms with Crippen molar-refractivity contribution in [1.82, 2.24) is 4.98 Å². The summed E-state index contributed by atoms with van der Waals surface area (Å²) in [5, 5.41) is 14.5. The monoisotopic (exact) mass is 401 g/mol. The van der Waals surface area contributed by atoms with E-state index in [1.165, 1.54) is 16.9 Å². The van der Waals surface area contributed by atoms with Gasteiger partial charge in [0.25, 0.3) is 5.91 Å². The molecule has 5 heteroatoms. The molecule has 2 aromatic carbocycles. The maximum atomic E-state index is 12.5. The van der Waals surface area contributed by atoms with E-state index in [-0.39, 0.29) is 11.0 Å². The first kappa shape index (κ1) is 20.5. The van der Waals surface area contributed by atoms with Crippen molar-refractivity contribution in [1.29, 1.82) is 5.26 Å². The second kappa shape index (κ2) is 8.42. The zero-order valence-corrected chi connectivity index (χ0v) is 17.8. The Morgan fingerprint density at radius 1 is 1.10 bits per heavy atom. The molecule has 3 aromatic rings. The summed E-state index contributed by atoms with van der Waals surface area (Å²) in [6, 6.07) is 17.9. The first-order valence-corrected chi connectivity index (χ1v) is 10.2. The van der Waals surface area contributed by atoms with Crippen molar-refractivity contribution < 1.29 is 4.79 Å². The van der Waals surface area contributed by atoms with Crippen LogP contribution in [-0.4, -0.2) is 10.9 Å². The lowest BCUT2D eigenvalue weighted by atomic mass is 9.86. The molecule has 0 aliphatic rings. The number of hydrogen-bond acceptors (Lipinski definition) is 4. The van der Waals surface area contributed by atoms with Crippen molar-refractivity contribution in [2.45, 2.75) is 33.1 Å². The second-order valence-corrected chi connectivity index (χ2v) is 8.76. The van der Waals surface area contributed by atoms with Crippen LogP contribution in [0.3, 0.4) is 0 Å². The predicted octanol–water partition coefficient (Wildman–Crippen LogP) is 5.96. The van der Waals surface area contributed by atoms with E-state index >= 15 is 0 Å². The molecule has 0 aliphatic heterocycles. The highest BCUT2D eigenvalue weighted by atomic mass is 32.1. The molecule has 1 heterocycles. The van der Waals surface area contributed by atoms with E-state index in [0.717, 1.165) is 22.4 Å². The highest BCUT2D eigenvalue weighted by molar-refractivity contribution is 7.14. The molecule has 0 atom stereocenters. The summed E-state index contributed by atoms with van der Waals surface area (Å²) in [4.78, 5) is 17.0. The molecule has 29 heavy (non-hydrogen) atoms. The molecule has 0 spiro atoms. The van der Waals surface area contributed by atoms with Crippen molar-refractivity contribution in [3.05, 3.63) is 76.2 Å². The van der Waals surface area contributed by atoms with Crippen LogP contribution in [-0.2, 0) is 10.2 Å². The fraction of sp³-hybridized carbons (Fsp3) is 0.208. The number of thiazole rings is 1. The van der Waals surface area contributed by atoms with E-state index in [0.29, 0.717) is 5.13 Å². The Kier molecular flexibility index (Phi) is 5.95. The maximum Gasteiger partial charge on any atom is 0.268 e. The summed E-state index contributed by atoms with van der Waals surface area (Å²) >= 11 is 1.34. The predicted molar refractivity (Wildman–Crippen MR) is 120 cm³/mol. The number of aromatic nitrogens is 1. The summed E-state index contributed by atoms with van der Waals surface area (Å²) in [6.07, 6.45) is 1.58. The van der Waals surface area contributed by atoms with Crippen LogP contribution in [0.25, 0.3) is 17.3 Å². The van der Waals surface area contributed by atoms with Crippen LogP contribution >= 0.6 is 11.3 Å². The summed E-state index contributed by atoms with van der Waals surface area (Å²) < 4.78 is 0. The number of carbonyl (C=O) groups excluding carboxylic acids is 1. The molecular weight excluding hydrogens is 378 g/mol. The molecule has 146 valence electrons. The molecule has 0 saturated heterocycles. The number of hydrogen-bond donors (Lipinski definition) is 1. The molecule has 0 saturated carbocycles. The van der Waals surface area contributed by atoms with Crippen molar-refractivity contribution in [3.8, 4) is 17.3 Å². The highest BCUT2D eigenvalue weighted by Gasteiger charge is 2.15. The molecule has 3 rings (SSSR count). The van der Waals surface area contributed by atoms with Gasteiger partial charge < -0.3 is 0 Å². The minimum Gasteiger partial charge on any atom is -0.297 e. The van der Waals surface area contributed by atoms with E-state index in [2.05, 4.69) is 43.2 Å². The standard InChI is InChI=1S/C24H23N3OS/c1-16-5-7-17(8-6-16)13-19(14-25)22(28)27-23-26-21(15-29-23)18-9-11-20(12-10-18)24(2,3)4/h5-13,15H,1-4H3,(H,26,27,28)/b19-13-. The number of aryl methyl sites for hydroxylation is 1. The van der Waals surface area contributed by atoms with Crippen LogP contribution in [0.4, 0.5) is 5.13 Å². The number of anilines is 1. The fourth-order valence-electron chi connectivity index (χ4n) is 2.75. The topological polar surface area (TPSA) is 65.8 Å². The van der Waals surface area contributed by atoms with Gasteiger partial charge in [0.1, 0.15) is 11.6 Å². The molecule has 0 fully saturated rings. The summed E-state index contributed by atoms with van der Waals surface area (Å²) in [5.41, 5.74) is 5.11. The van der Waals surface area contributed by atoms with Gasteiger partial charge in [-0.3, -0.25) is 10.1 Å². The summed E-state index contributed by atoms with van der Waals surface area (Å²) in [5.74, 6) is -0.461. The number of amides is 1. The Morgan fingerprint density at radius 3 is 2.34 bits per heavy atom. The number of carbonyl (C=O) groups is 1. The maximum absolute atomic E-state index is 12.5. The normalized spacial score (nSPS) is 11.8. The molecule has 0 bridgehead atoms. The number of rotatable bonds is 4. The molecule has 0 aliphatic carbocycles. The Labute approximate surface area is 175 Å². The van der Waals surface area contributed by atoms with Gasteiger partial charge in [-0.15, -0.1) is 11.3 Å². The average molecular weight is 402 g/mol. The van der Waals surface area contributed by atoms with E-state index < -0.39 is 5.91 Å². The largest absolute Gasteiger partial charge is 0.297 e. The SMILES string of the molecule is Cc1ccc(/C=C(/C#N)C(=O)Nc2nc(-c3ccc(C(C)(C)C)cc3)cs2)cc1. The van der Waals surface area contributed by atoms with Crippen LogP contribution < -0.4 is 5.32 Å². The van der Waals surface area contributed by atoms with Gasteiger partial charge in [-0.25, -0.2) is 4.98 Å². The van der Waals surface area contributed by atoms with Crippen molar-refractivity contribution in [2.24, 2.45) is 0 Å². The van der Waals surface area contributed by atoms with Crippen molar-refractivity contribution in [3.63, 3.8) is 0 Å². The summed E-state index contributed by atoms with van der Waals surface area (Å²) in [6.45, 7) is 8.52. The molecule has 0 radical (unpaired) electrons. The van der Waals surface area contributed by atoms with Crippen LogP contribution in [0.2, 0.25) is 0 Å². The number of nitrogens with one attached hydrogen (secondary N) is 1. The third-order valence-electron chi connectivity index (χ3n) is 4.52. The number of nitrogens with zero attached hydrogens (tertiary/aromatic N) is 2. The van der Waals surface area contributed by atoms with Gasteiger partial charge in [-0.05, 0) is 29.5 Å². The van der Waals surface area contributed by atoms with Crippen LogP contribution in [0, 0.1) is 18.3 Å². The van der Waals surface area contributed by atoms with Gasteiger partial charge in [-0.1, -0.05) is 74.9 Å². The minimum absolute atomic E-state index is 0.0418. The van der Waals surface area contributed by atoms with Gasteiger partial charge in [0.2, 0.25) is 0 Å². The van der Waals surface area contributed by atoms with Gasteiger partial charge in [0, 0.05) is 10.9 Å². The second-order valence-electron chi connectivity index (χ2n) is 7.90. The highest BCUT2D eigenvalue weighted by Crippen LogP contribution is 2.28. The Balaban J connectivity index is 1.74. The Bertz CT molecular complexity index is 1080. The fourth-order valence-corrected chi connectivity index (χ4v) is 3.46. The first-order valence-electron chi connectivity index (χ1n) is 9.32. The third-order valence-corrected chi connectivity index (χ3v) is 5.28. The number of nitriles is 1. The van der Waals surface area contributed by atoms with E-state index in [1.807, 2.05) is 54.8 Å². The van der Waals surface area contributed by atoms with Gasteiger partial charge in [0.05, 0.1) is 5.69 Å². The molecular formula is C24H23N3OS. The third kappa shape index (κ3) is 5.18. The van der Waals surface area contributed by atoms with Crippen LogP contribution in [0.1, 0.15) is 37.5 Å². The molecule has 0 unspecified atom stereocenters. The van der Waals surface area contributed by atoms with Gasteiger partial charge in [0.15, 0.2) is 5.13 Å². The van der Waals surface area contributed by atoms with E-state index in [9.17, 15) is 10.1 Å². The first-order chi connectivity index (χ1) is 13.8. The molecule has 4 nitrogen and oxygen atoms in total. The van der Waals surface area contributed by atoms with Crippen LogP contribution in [0.15, 0.2) is 59.5 Å². The van der Waals surface area contributed by atoms with Crippen LogP contribution in [0.5, 0.6) is 0 Å². The smallest absolute Gasteiger partial charge is 0.268 e. The lowest BCUT2D eigenvalue weighted by Gasteiger charge is -2.18. The number of benzene rings is 2. The van der Waals surface area contributed by atoms with E-state index in [1.54, 1.807) is 6.08 Å².